The molecule has 0 spiro atoms. The molecule has 0 amide bonds. The molecule has 0 N–H and O–H groups in total. The molecule has 1 aliphatic rings. The van der Waals surface area contributed by atoms with E-state index in [1.165, 1.54) is 20.5 Å². The Kier molecular flexibility index (Phi) is 4.06. The minimum atomic E-state index is 0.867. The van der Waals surface area contributed by atoms with Crippen molar-refractivity contribution in [1.82, 2.24) is 9.97 Å². The van der Waals surface area contributed by atoms with Gasteiger partial charge in [0.2, 0.25) is 0 Å². The lowest BCUT2D eigenvalue weighted by Gasteiger charge is -2.30. The molecule has 0 fully saturated rings. The number of anilines is 2. The van der Waals surface area contributed by atoms with Gasteiger partial charge in [-0.25, -0.2) is 9.97 Å². The van der Waals surface area contributed by atoms with Crippen LogP contribution in [0.25, 0.3) is 42.7 Å². The Bertz CT molecular complexity index is 1560. The van der Waals surface area contributed by atoms with Gasteiger partial charge < -0.3 is 9.64 Å². The van der Waals surface area contributed by atoms with Crippen LogP contribution in [-0.2, 0) is 0 Å². The molecule has 7 rings (SSSR count). The first-order valence-corrected chi connectivity index (χ1v) is 12.4. The first kappa shape index (κ1) is 18.8. The molecule has 4 aromatic carbocycles. The van der Waals surface area contributed by atoms with Crippen molar-refractivity contribution in [3.8, 4) is 33.8 Å². The van der Waals surface area contributed by atoms with E-state index in [2.05, 4.69) is 94.7 Å². The molecule has 6 heteroatoms. The van der Waals surface area contributed by atoms with Crippen molar-refractivity contribution in [3.63, 3.8) is 0 Å². The van der Waals surface area contributed by atoms with Gasteiger partial charge >= 0.3 is 0 Å². The summed E-state index contributed by atoms with van der Waals surface area (Å²) in [6.45, 7) is 0. The number of fused-ring (bicyclic) bond motifs is 4. The number of hydrogen-bond donors (Lipinski definition) is 0. The zero-order valence-electron chi connectivity index (χ0n) is 17.6. The van der Waals surface area contributed by atoms with Crippen LogP contribution in [-0.4, -0.2) is 17.0 Å². The Morgan fingerprint density at radius 2 is 1.06 bits per heavy atom. The summed E-state index contributed by atoms with van der Waals surface area (Å²) >= 11 is 3.33. The van der Waals surface area contributed by atoms with Crippen LogP contribution in [0.15, 0.2) is 83.8 Å². The van der Waals surface area contributed by atoms with Gasteiger partial charge in [-0.15, -0.1) is 22.7 Å². The van der Waals surface area contributed by atoms with Crippen molar-refractivity contribution in [2.24, 2.45) is 0 Å². The predicted molar refractivity (Wildman–Crippen MR) is 138 cm³/mol. The highest BCUT2D eigenvalue weighted by Gasteiger charge is 2.23. The van der Waals surface area contributed by atoms with Gasteiger partial charge in [-0.3, -0.25) is 0 Å². The van der Waals surface area contributed by atoms with Crippen LogP contribution < -0.4 is 9.64 Å². The van der Waals surface area contributed by atoms with E-state index >= 15 is 0 Å². The number of nitrogens with zero attached hydrogens (tertiary/aromatic N) is 3. The molecule has 2 aromatic heterocycles. The summed E-state index contributed by atoms with van der Waals surface area (Å²) in [5.41, 5.74) is 12.7. The smallest absolute Gasteiger partial charge is 0.151 e. The van der Waals surface area contributed by atoms with Crippen molar-refractivity contribution < 1.29 is 4.74 Å². The average Bonchev–Trinajstić information content (AvgIpc) is 3.52. The highest BCUT2D eigenvalue weighted by Crippen LogP contribution is 2.48. The summed E-state index contributed by atoms with van der Waals surface area (Å²) < 4.78 is 8.68. The van der Waals surface area contributed by atoms with Crippen LogP contribution in [0.4, 0.5) is 11.4 Å². The lowest BCUT2D eigenvalue weighted by molar-refractivity contribution is 0.475. The predicted octanol–water partition coefficient (Wildman–Crippen LogP) is 8.11. The zero-order valence-corrected chi connectivity index (χ0v) is 19.3. The maximum Gasteiger partial charge on any atom is 0.151 e. The Balaban J connectivity index is 1.29. The van der Waals surface area contributed by atoms with E-state index in [0.29, 0.717) is 0 Å². The van der Waals surface area contributed by atoms with Crippen LogP contribution in [0.1, 0.15) is 0 Å². The molecule has 0 bridgehead atoms. The van der Waals surface area contributed by atoms with Crippen molar-refractivity contribution in [1.29, 1.82) is 0 Å². The molecule has 0 saturated carbocycles. The second kappa shape index (κ2) is 7.13. The molecule has 0 unspecified atom stereocenters. The van der Waals surface area contributed by atoms with Gasteiger partial charge in [0.15, 0.2) is 11.5 Å². The maximum absolute atomic E-state index is 6.29. The van der Waals surface area contributed by atoms with Gasteiger partial charge in [0.05, 0.1) is 42.8 Å². The number of hydrogen-bond acceptors (Lipinski definition) is 6. The molecule has 0 atom stereocenters. The number of ether oxygens (including phenoxy) is 1. The number of benzene rings is 4. The fourth-order valence-electron chi connectivity index (χ4n) is 4.41. The van der Waals surface area contributed by atoms with E-state index in [1.807, 2.05) is 11.0 Å². The Hall–Kier alpha value is -3.74. The largest absolute Gasteiger partial charge is 0.453 e. The summed E-state index contributed by atoms with van der Waals surface area (Å²) in [6.07, 6.45) is 0. The average molecular weight is 464 g/mol. The topological polar surface area (TPSA) is 38.2 Å². The van der Waals surface area contributed by atoms with Gasteiger partial charge in [-0.1, -0.05) is 24.3 Å². The summed E-state index contributed by atoms with van der Waals surface area (Å²) in [4.78, 5) is 11.0. The van der Waals surface area contributed by atoms with Crippen molar-refractivity contribution in [2.45, 2.75) is 0 Å². The SMILES string of the molecule is CN1c2cc(-c3ccc4ncsc4c3)ccc2Oc2ccc(-c3ccc4ncsc4c3)cc21. The fraction of sp³-hybridized carbons (Fsp3) is 0.0370. The molecule has 158 valence electrons. The molecule has 0 saturated heterocycles. The lowest BCUT2D eigenvalue weighted by atomic mass is 10.0. The van der Waals surface area contributed by atoms with Crippen LogP contribution in [0.2, 0.25) is 0 Å². The highest BCUT2D eigenvalue weighted by atomic mass is 32.1. The molecular weight excluding hydrogens is 446 g/mol. The third-order valence-electron chi connectivity index (χ3n) is 6.19. The quantitative estimate of drug-likeness (QED) is 0.260. The van der Waals surface area contributed by atoms with E-state index in [9.17, 15) is 0 Å². The Labute approximate surface area is 198 Å². The summed E-state index contributed by atoms with van der Waals surface area (Å²) in [7, 11) is 2.10. The molecule has 3 heterocycles. The standard InChI is InChI=1S/C27H17N3OS2/c1-30-22-10-16(18-2-6-20-26(12-18)32-14-28-20)4-8-24(22)31-25-9-5-17(11-23(25)30)19-3-7-21-27(13-19)33-15-29-21/h2-15H,1H3. The second-order valence-electron chi connectivity index (χ2n) is 8.10. The minimum Gasteiger partial charge on any atom is -0.453 e. The van der Waals surface area contributed by atoms with Crippen LogP contribution >= 0.6 is 22.7 Å². The molecule has 1 aliphatic heterocycles. The van der Waals surface area contributed by atoms with Crippen LogP contribution in [0.3, 0.4) is 0 Å². The fourth-order valence-corrected chi connectivity index (χ4v) is 5.84. The van der Waals surface area contributed by atoms with Crippen molar-refractivity contribution in [3.05, 3.63) is 83.8 Å². The van der Waals surface area contributed by atoms with Gasteiger partial charge in [0.1, 0.15) is 0 Å². The molecular formula is C27H17N3OS2. The molecule has 33 heavy (non-hydrogen) atoms. The van der Waals surface area contributed by atoms with E-state index < -0.39 is 0 Å². The van der Waals surface area contributed by atoms with Crippen LogP contribution in [0.5, 0.6) is 11.5 Å². The second-order valence-corrected chi connectivity index (χ2v) is 9.87. The van der Waals surface area contributed by atoms with E-state index in [-0.39, 0.29) is 0 Å². The van der Waals surface area contributed by atoms with Gasteiger partial charge in [-0.05, 0) is 70.8 Å². The van der Waals surface area contributed by atoms with Crippen molar-refractivity contribution >= 4 is 54.5 Å². The number of aromatic nitrogens is 2. The normalized spacial score (nSPS) is 12.6. The van der Waals surface area contributed by atoms with E-state index in [0.717, 1.165) is 45.0 Å². The highest BCUT2D eigenvalue weighted by molar-refractivity contribution is 7.17. The van der Waals surface area contributed by atoms with Crippen LogP contribution in [0, 0.1) is 0 Å². The van der Waals surface area contributed by atoms with Gasteiger partial charge in [0.25, 0.3) is 0 Å². The lowest BCUT2D eigenvalue weighted by Crippen LogP contribution is -2.15. The third-order valence-corrected chi connectivity index (χ3v) is 7.77. The van der Waals surface area contributed by atoms with E-state index in [1.54, 1.807) is 22.7 Å². The molecule has 0 radical (unpaired) electrons. The maximum atomic E-state index is 6.29. The van der Waals surface area contributed by atoms with Gasteiger partial charge in [0, 0.05) is 7.05 Å². The monoisotopic (exact) mass is 463 g/mol. The first-order chi connectivity index (χ1) is 16.2. The zero-order chi connectivity index (χ0) is 21.9. The third kappa shape index (κ3) is 3.03. The molecule has 4 nitrogen and oxygen atoms in total. The summed E-state index contributed by atoms with van der Waals surface area (Å²) in [6, 6.07) is 25.6. The minimum absolute atomic E-state index is 0.867. The van der Waals surface area contributed by atoms with Crippen molar-refractivity contribution in [2.75, 3.05) is 11.9 Å². The number of thiazole rings is 2. The van der Waals surface area contributed by atoms with Gasteiger partial charge in [-0.2, -0.15) is 0 Å². The first-order valence-electron chi connectivity index (χ1n) is 10.6. The summed E-state index contributed by atoms with van der Waals surface area (Å²) in [5, 5.41) is 0. The van der Waals surface area contributed by atoms with E-state index in [4.69, 9.17) is 4.74 Å². The molecule has 6 aromatic rings. The Morgan fingerprint density at radius 3 is 1.58 bits per heavy atom. The molecule has 0 aliphatic carbocycles. The number of rotatable bonds is 2. The summed E-state index contributed by atoms with van der Waals surface area (Å²) in [5.74, 6) is 1.73. The Morgan fingerprint density at radius 1 is 0.606 bits per heavy atom.